The number of benzene rings is 1. The molecule has 25 heavy (non-hydrogen) atoms. The molecule has 1 aliphatic heterocycles. The molecule has 4 rings (SSSR count). The number of aromatic nitrogens is 2. The summed E-state index contributed by atoms with van der Waals surface area (Å²) in [7, 11) is 0. The minimum Gasteiger partial charge on any atom is -0.392 e. The average Bonchev–Trinajstić information content (AvgIpc) is 3.11. The van der Waals surface area contributed by atoms with E-state index in [2.05, 4.69) is 14.9 Å². The molecule has 0 radical (unpaired) electrons. The van der Waals surface area contributed by atoms with Crippen LogP contribution < -0.4 is 4.90 Å². The fraction of sp³-hybridized carbons (Fsp3) is 0.500. The number of hydrogen-bond donors (Lipinski definition) is 1. The third kappa shape index (κ3) is 3.82. The first-order valence-electron chi connectivity index (χ1n) is 9.21. The maximum Gasteiger partial charge on any atom is 0.147 e. The predicted octanol–water partition coefficient (Wildman–Crippen LogP) is 4.28. The molecule has 0 bridgehead atoms. The standard InChI is InChI=1S/C20H25N3OS/c24-15-16-4-3-5-17(12-16)25-19-14-21-18(13-22-19)23-10-8-20(9-11-23)6-1-2-7-20/h3-5,12-14,24H,1-2,6-11,15H2. The molecule has 2 fully saturated rings. The molecule has 132 valence electrons. The predicted molar refractivity (Wildman–Crippen MR) is 101 cm³/mol. The lowest BCUT2D eigenvalue weighted by Crippen LogP contribution is -2.39. The van der Waals surface area contributed by atoms with Crippen molar-refractivity contribution in [2.24, 2.45) is 5.41 Å². The van der Waals surface area contributed by atoms with Gasteiger partial charge in [0.1, 0.15) is 10.8 Å². The Morgan fingerprint density at radius 3 is 2.52 bits per heavy atom. The number of nitrogens with zero attached hydrogens (tertiary/aromatic N) is 3. The van der Waals surface area contributed by atoms with E-state index in [9.17, 15) is 5.11 Å². The maximum absolute atomic E-state index is 9.24. The van der Waals surface area contributed by atoms with Crippen molar-refractivity contribution in [2.45, 2.75) is 55.1 Å². The summed E-state index contributed by atoms with van der Waals surface area (Å²) in [6.07, 6.45) is 12.1. The summed E-state index contributed by atoms with van der Waals surface area (Å²) in [6.45, 7) is 2.29. The lowest BCUT2D eigenvalue weighted by atomic mass is 9.77. The number of aliphatic hydroxyl groups excluding tert-OH is 1. The van der Waals surface area contributed by atoms with Crippen molar-refractivity contribution < 1.29 is 5.11 Å². The second-order valence-electron chi connectivity index (χ2n) is 7.31. The summed E-state index contributed by atoms with van der Waals surface area (Å²) >= 11 is 1.58. The SMILES string of the molecule is OCc1cccc(Sc2cnc(N3CCC4(CCCC4)CC3)cn2)c1. The van der Waals surface area contributed by atoms with Crippen LogP contribution in [0.1, 0.15) is 44.1 Å². The first-order chi connectivity index (χ1) is 12.3. The number of anilines is 1. The van der Waals surface area contributed by atoms with Crippen LogP contribution in [0.5, 0.6) is 0 Å². The molecule has 1 aliphatic carbocycles. The third-order valence-electron chi connectivity index (χ3n) is 5.73. The first-order valence-corrected chi connectivity index (χ1v) is 10.0. The molecule has 1 saturated carbocycles. The summed E-state index contributed by atoms with van der Waals surface area (Å²) < 4.78 is 0. The van der Waals surface area contributed by atoms with Crippen LogP contribution in [-0.2, 0) is 6.61 Å². The number of hydrogen-bond acceptors (Lipinski definition) is 5. The van der Waals surface area contributed by atoms with Gasteiger partial charge in [-0.25, -0.2) is 9.97 Å². The Hall–Kier alpha value is -1.59. The zero-order chi connectivity index (χ0) is 17.1. The highest BCUT2D eigenvalue weighted by atomic mass is 32.2. The van der Waals surface area contributed by atoms with Gasteiger partial charge in [-0.05, 0) is 48.8 Å². The summed E-state index contributed by atoms with van der Waals surface area (Å²) in [6, 6.07) is 7.91. The summed E-state index contributed by atoms with van der Waals surface area (Å²) in [5.41, 5.74) is 1.56. The van der Waals surface area contributed by atoms with Crippen LogP contribution in [0.15, 0.2) is 46.6 Å². The van der Waals surface area contributed by atoms with E-state index in [1.54, 1.807) is 11.8 Å². The Morgan fingerprint density at radius 1 is 1.04 bits per heavy atom. The van der Waals surface area contributed by atoms with Crippen molar-refractivity contribution in [3.05, 3.63) is 42.2 Å². The smallest absolute Gasteiger partial charge is 0.147 e. The molecule has 4 nitrogen and oxygen atoms in total. The minimum atomic E-state index is 0.0649. The highest BCUT2D eigenvalue weighted by Gasteiger charge is 2.37. The van der Waals surface area contributed by atoms with Gasteiger partial charge in [0.25, 0.3) is 0 Å². The van der Waals surface area contributed by atoms with Gasteiger partial charge in [0.05, 0.1) is 19.0 Å². The van der Waals surface area contributed by atoms with Crippen LogP contribution in [-0.4, -0.2) is 28.2 Å². The maximum atomic E-state index is 9.24. The second kappa shape index (κ2) is 7.34. The molecule has 0 amide bonds. The molecule has 2 heterocycles. The lowest BCUT2D eigenvalue weighted by molar-refractivity contribution is 0.226. The normalized spacial score (nSPS) is 19.5. The van der Waals surface area contributed by atoms with Crippen LogP contribution in [0, 0.1) is 5.41 Å². The molecule has 1 spiro atoms. The number of rotatable bonds is 4. The number of piperidine rings is 1. The molecule has 5 heteroatoms. The van der Waals surface area contributed by atoms with Gasteiger partial charge in [-0.1, -0.05) is 36.7 Å². The monoisotopic (exact) mass is 355 g/mol. The molecule has 1 aromatic carbocycles. The van der Waals surface area contributed by atoms with Crippen molar-refractivity contribution in [3.63, 3.8) is 0 Å². The van der Waals surface area contributed by atoms with Gasteiger partial charge >= 0.3 is 0 Å². The van der Waals surface area contributed by atoms with Crippen molar-refractivity contribution in [3.8, 4) is 0 Å². The van der Waals surface area contributed by atoms with Crippen LogP contribution in [0.3, 0.4) is 0 Å². The van der Waals surface area contributed by atoms with E-state index in [-0.39, 0.29) is 6.61 Å². The largest absolute Gasteiger partial charge is 0.392 e. The third-order valence-corrected chi connectivity index (χ3v) is 6.64. The zero-order valence-corrected chi connectivity index (χ0v) is 15.3. The van der Waals surface area contributed by atoms with E-state index in [0.717, 1.165) is 34.4 Å². The fourth-order valence-electron chi connectivity index (χ4n) is 4.19. The van der Waals surface area contributed by atoms with Gasteiger partial charge in [-0.2, -0.15) is 0 Å². The van der Waals surface area contributed by atoms with Gasteiger partial charge in [-0.3, -0.25) is 0 Å². The van der Waals surface area contributed by atoms with Crippen LogP contribution in [0.2, 0.25) is 0 Å². The molecule has 2 aliphatic rings. The van der Waals surface area contributed by atoms with E-state index in [1.807, 2.05) is 36.7 Å². The Bertz CT molecular complexity index is 703. The topological polar surface area (TPSA) is 49.3 Å². The summed E-state index contributed by atoms with van der Waals surface area (Å²) in [5.74, 6) is 1.00. The molecule has 1 N–H and O–H groups in total. The highest BCUT2D eigenvalue weighted by Crippen LogP contribution is 2.46. The van der Waals surface area contributed by atoms with E-state index < -0.39 is 0 Å². The van der Waals surface area contributed by atoms with Crippen molar-refractivity contribution in [2.75, 3.05) is 18.0 Å². The quantitative estimate of drug-likeness (QED) is 0.887. The minimum absolute atomic E-state index is 0.0649. The molecule has 1 saturated heterocycles. The van der Waals surface area contributed by atoms with E-state index >= 15 is 0 Å². The van der Waals surface area contributed by atoms with Crippen LogP contribution in [0.4, 0.5) is 5.82 Å². The number of aliphatic hydroxyl groups is 1. The Labute approximate surface area is 153 Å². The first kappa shape index (κ1) is 16.9. The van der Waals surface area contributed by atoms with Gasteiger partial charge in [0, 0.05) is 18.0 Å². The molecule has 1 aromatic heterocycles. The van der Waals surface area contributed by atoms with E-state index in [4.69, 9.17) is 0 Å². The van der Waals surface area contributed by atoms with Crippen molar-refractivity contribution in [1.29, 1.82) is 0 Å². The van der Waals surface area contributed by atoms with Gasteiger partial charge in [0.2, 0.25) is 0 Å². The second-order valence-corrected chi connectivity index (χ2v) is 8.41. The van der Waals surface area contributed by atoms with Crippen molar-refractivity contribution >= 4 is 17.6 Å². The summed E-state index contributed by atoms with van der Waals surface area (Å²) in [5, 5.41) is 10.1. The Balaban J connectivity index is 1.38. The molecular formula is C20H25N3OS. The molecular weight excluding hydrogens is 330 g/mol. The zero-order valence-electron chi connectivity index (χ0n) is 14.5. The highest BCUT2D eigenvalue weighted by molar-refractivity contribution is 7.99. The average molecular weight is 356 g/mol. The summed E-state index contributed by atoms with van der Waals surface area (Å²) in [4.78, 5) is 12.7. The Kier molecular flexibility index (Phi) is 4.95. The van der Waals surface area contributed by atoms with Gasteiger partial charge in [0.15, 0.2) is 0 Å². The van der Waals surface area contributed by atoms with Gasteiger partial charge in [-0.15, -0.1) is 0 Å². The molecule has 2 aromatic rings. The van der Waals surface area contributed by atoms with Crippen molar-refractivity contribution in [1.82, 2.24) is 9.97 Å². The fourth-order valence-corrected chi connectivity index (χ4v) is 5.00. The molecule has 0 atom stereocenters. The lowest BCUT2D eigenvalue weighted by Gasteiger charge is -2.39. The van der Waals surface area contributed by atoms with Crippen LogP contribution in [0.25, 0.3) is 0 Å². The van der Waals surface area contributed by atoms with Crippen LogP contribution >= 0.6 is 11.8 Å². The van der Waals surface area contributed by atoms with E-state index in [1.165, 1.54) is 38.5 Å². The molecule has 0 unspecified atom stereocenters. The van der Waals surface area contributed by atoms with Gasteiger partial charge < -0.3 is 10.0 Å². The Morgan fingerprint density at radius 2 is 1.84 bits per heavy atom. The van der Waals surface area contributed by atoms with E-state index in [0.29, 0.717) is 5.41 Å².